The molecule has 1 aliphatic rings. The molecule has 3 aromatic rings. The summed E-state index contributed by atoms with van der Waals surface area (Å²) < 4.78 is 0.950. The van der Waals surface area contributed by atoms with Crippen LogP contribution in [0.5, 0.6) is 0 Å². The Labute approximate surface area is 159 Å². The van der Waals surface area contributed by atoms with Crippen molar-refractivity contribution in [1.82, 2.24) is 19.9 Å². The summed E-state index contributed by atoms with van der Waals surface area (Å²) in [4.78, 5) is 18.0. The van der Waals surface area contributed by atoms with Gasteiger partial charge in [0, 0.05) is 55.8 Å². The Balaban J connectivity index is 1.46. The van der Waals surface area contributed by atoms with Crippen molar-refractivity contribution in [3.05, 3.63) is 58.0 Å². The van der Waals surface area contributed by atoms with E-state index in [0.717, 1.165) is 53.9 Å². The summed E-state index contributed by atoms with van der Waals surface area (Å²) in [5.41, 5.74) is 4.23. The van der Waals surface area contributed by atoms with Gasteiger partial charge in [-0.05, 0) is 39.7 Å². The highest BCUT2D eigenvalue weighted by Crippen LogP contribution is 2.26. The van der Waals surface area contributed by atoms with Gasteiger partial charge in [0.05, 0.1) is 11.2 Å². The summed E-state index contributed by atoms with van der Waals surface area (Å²) in [5.74, 6) is 0. The number of piperazine rings is 1. The molecule has 0 N–H and O–H groups in total. The first-order valence-electron chi connectivity index (χ1n) is 8.17. The van der Waals surface area contributed by atoms with Crippen molar-refractivity contribution in [3.8, 4) is 0 Å². The number of aromatic nitrogens is 3. The van der Waals surface area contributed by atoms with Gasteiger partial charge in [-0.2, -0.15) is 0 Å². The molecule has 4 heterocycles. The predicted octanol–water partition coefficient (Wildman–Crippen LogP) is 3.76. The molecule has 7 heteroatoms. The van der Waals surface area contributed by atoms with E-state index in [4.69, 9.17) is 11.6 Å². The number of pyridine rings is 3. The van der Waals surface area contributed by atoms with E-state index < -0.39 is 0 Å². The van der Waals surface area contributed by atoms with Crippen LogP contribution >= 0.6 is 27.5 Å². The third-order valence-corrected chi connectivity index (χ3v) is 5.09. The molecular weight excluding hydrogens is 402 g/mol. The fourth-order valence-electron chi connectivity index (χ4n) is 3.15. The van der Waals surface area contributed by atoms with Crippen LogP contribution in [-0.2, 0) is 6.54 Å². The molecule has 0 aromatic carbocycles. The molecule has 1 fully saturated rings. The highest BCUT2D eigenvalue weighted by molar-refractivity contribution is 9.10. The number of halogens is 2. The van der Waals surface area contributed by atoms with Crippen LogP contribution in [0.25, 0.3) is 11.0 Å². The molecule has 0 radical (unpaired) electrons. The molecule has 0 atom stereocenters. The molecule has 0 unspecified atom stereocenters. The Kier molecular flexibility index (Phi) is 4.83. The van der Waals surface area contributed by atoms with E-state index >= 15 is 0 Å². The summed E-state index contributed by atoms with van der Waals surface area (Å²) in [7, 11) is 0. The highest BCUT2D eigenvalue weighted by atomic mass is 79.9. The maximum atomic E-state index is 5.85. The number of rotatable bonds is 3. The third-order valence-electron chi connectivity index (χ3n) is 4.43. The summed E-state index contributed by atoms with van der Waals surface area (Å²) in [5, 5.41) is 0.539. The molecule has 25 heavy (non-hydrogen) atoms. The van der Waals surface area contributed by atoms with E-state index in [1.165, 1.54) is 5.56 Å². The summed E-state index contributed by atoms with van der Waals surface area (Å²) in [6.07, 6.45) is 5.54. The van der Waals surface area contributed by atoms with E-state index in [0.29, 0.717) is 5.15 Å². The minimum absolute atomic E-state index is 0.539. The summed E-state index contributed by atoms with van der Waals surface area (Å²) >= 11 is 9.31. The first-order valence-corrected chi connectivity index (χ1v) is 9.34. The van der Waals surface area contributed by atoms with Crippen molar-refractivity contribution in [2.24, 2.45) is 0 Å². The predicted molar refractivity (Wildman–Crippen MR) is 104 cm³/mol. The van der Waals surface area contributed by atoms with Gasteiger partial charge in [0.1, 0.15) is 10.7 Å². The highest BCUT2D eigenvalue weighted by Gasteiger charge is 2.19. The van der Waals surface area contributed by atoms with Crippen LogP contribution in [-0.4, -0.2) is 46.0 Å². The van der Waals surface area contributed by atoms with Crippen LogP contribution < -0.4 is 4.90 Å². The van der Waals surface area contributed by atoms with Gasteiger partial charge in [0.15, 0.2) is 0 Å². The van der Waals surface area contributed by atoms with Gasteiger partial charge in [-0.1, -0.05) is 17.7 Å². The van der Waals surface area contributed by atoms with Crippen molar-refractivity contribution in [3.63, 3.8) is 0 Å². The number of hydrogen-bond donors (Lipinski definition) is 0. The molecule has 1 aliphatic heterocycles. The van der Waals surface area contributed by atoms with Crippen LogP contribution in [0.3, 0.4) is 0 Å². The standard InChI is InChI=1S/C18H17BrClN5/c19-14-9-15-18(23-11-14)16(3-4-21-15)25-7-5-24(6-8-25)12-13-1-2-17(20)22-10-13/h1-4,9-11H,5-8,12H2. The Bertz CT molecular complexity index is 878. The number of anilines is 1. The molecule has 5 nitrogen and oxygen atoms in total. The second-order valence-electron chi connectivity index (χ2n) is 6.10. The zero-order valence-corrected chi connectivity index (χ0v) is 15.9. The fourth-order valence-corrected chi connectivity index (χ4v) is 3.58. The maximum Gasteiger partial charge on any atom is 0.129 e. The fraction of sp³-hybridized carbons (Fsp3) is 0.278. The van der Waals surface area contributed by atoms with Gasteiger partial charge >= 0.3 is 0 Å². The van der Waals surface area contributed by atoms with Crippen LogP contribution in [0.4, 0.5) is 5.69 Å². The average molecular weight is 419 g/mol. The van der Waals surface area contributed by atoms with Gasteiger partial charge in [-0.3, -0.25) is 14.9 Å². The van der Waals surface area contributed by atoms with Crippen LogP contribution in [0, 0.1) is 0 Å². The second kappa shape index (κ2) is 7.23. The third kappa shape index (κ3) is 3.76. The second-order valence-corrected chi connectivity index (χ2v) is 7.41. The van der Waals surface area contributed by atoms with Gasteiger partial charge in [-0.25, -0.2) is 4.98 Å². The number of nitrogens with zero attached hydrogens (tertiary/aromatic N) is 5. The first-order chi connectivity index (χ1) is 12.2. The van der Waals surface area contributed by atoms with Crippen molar-refractivity contribution in [2.75, 3.05) is 31.1 Å². The average Bonchev–Trinajstić information content (AvgIpc) is 2.63. The molecule has 3 aromatic heterocycles. The van der Waals surface area contributed by atoms with Crippen molar-refractivity contribution in [1.29, 1.82) is 0 Å². The molecule has 0 aliphatic carbocycles. The Morgan fingerprint density at radius 1 is 1.00 bits per heavy atom. The van der Waals surface area contributed by atoms with Crippen LogP contribution in [0.2, 0.25) is 5.15 Å². The Morgan fingerprint density at radius 2 is 1.84 bits per heavy atom. The molecule has 4 rings (SSSR count). The number of fused-ring (bicyclic) bond motifs is 1. The lowest BCUT2D eigenvalue weighted by Crippen LogP contribution is -2.46. The minimum Gasteiger partial charge on any atom is -0.367 e. The lowest BCUT2D eigenvalue weighted by atomic mass is 10.2. The van der Waals surface area contributed by atoms with Gasteiger partial charge in [-0.15, -0.1) is 0 Å². The lowest BCUT2D eigenvalue weighted by molar-refractivity contribution is 0.250. The lowest BCUT2D eigenvalue weighted by Gasteiger charge is -2.36. The van der Waals surface area contributed by atoms with E-state index in [-0.39, 0.29) is 0 Å². The topological polar surface area (TPSA) is 45.2 Å². The van der Waals surface area contributed by atoms with E-state index in [2.05, 4.69) is 46.7 Å². The van der Waals surface area contributed by atoms with Gasteiger partial charge in [0.25, 0.3) is 0 Å². The summed E-state index contributed by atoms with van der Waals surface area (Å²) in [6, 6.07) is 7.96. The molecule has 0 saturated carbocycles. The molecule has 128 valence electrons. The molecule has 0 spiro atoms. The van der Waals surface area contributed by atoms with E-state index in [1.54, 1.807) is 0 Å². The zero-order chi connectivity index (χ0) is 17.2. The number of hydrogen-bond acceptors (Lipinski definition) is 5. The van der Waals surface area contributed by atoms with E-state index in [1.807, 2.05) is 36.8 Å². The molecular formula is C18H17BrClN5. The largest absolute Gasteiger partial charge is 0.367 e. The first kappa shape index (κ1) is 16.7. The van der Waals surface area contributed by atoms with Gasteiger partial charge in [0.2, 0.25) is 0 Å². The minimum atomic E-state index is 0.539. The normalized spacial score (nSPS) is 15.7. The van der Waals surface area contributed by atoms with Crippen LogP contribution in [0.15, 0.2) is 47.3 Å². The van der Waals surface area contributed by atoms with Crippen molar-refractivity contribution in [2.45, 2.75) is 6.54 Å². The monoisotopic (exact) mass is 417 g/mol. The SMILES string of the molecule is Clc1ccc(CN2CCN(c3ccnc4cc(Br)cnc34)CC2)cn1. The summed E-state index contributed by atoms with van der Waals surface area (Å²) in [6.45, 7) is 4.85. The van der Waals surface area contributed by atoms with Crippen molar-refractivity contribution >= 4 is 44.3 Å². The Hall–Kier alpha value is -1.76. The quantitative estimate of drug-likeness (QED) is 0.606. The van der Waals surface area contributed by atoms with Crippen molar-refractivity contribution < 1.29 is 0 Å². The van der Waals surface area contributed by atoms with Crippen LogP contribution in [0.1, 0.15) is 5.56 Å². The molecule has 1 saturated heterocycles. The molecule has 0 amide bonds. The zero-order valence-electron chi connectivity index (χ0n) is 13.6. The maximum absolute atomic E-state index is 5.85. The van der Waals surface area contributed by atoms with E-state index in [9.17, 15) is 0 Å². The Morgan fingerprint density at radius 3 is 2.60 bits per heavy atom. The molecule has 0 bridgehead atoms. The van der Waals surface area contributed by atoms with Gasteiger partial charge < -0.3 is 4.90 Å². The smallest absolute Gasteiger partial charge is 0.129 e.